The summed E-state index contributed by atoms with van der Waals surface area (Å²) >= 11 is 3.58. The Morgan fingerprint density at radius 3 is 1.81 bits per heavy atom. The van der Waals surface area contributed by atoms with Crippen molar-refractivity contribution < 1.29 is 19.1 Å². The van der Waals surface area contributed by atoms with Gasteiger partial charge in [0.2, 0.25) is 0 Å². The molecule has 168 valence electrons. The molecule has 0 amide bonds. The van der Waals surface area contributed by atoms with E-state index in [4.69, 9.17) is 9.47 Å². The Morgan fingerprint density at radius 1 is 0.875 bits per heavy atom. The van der Waals surface area contributed by atoms with Crippen LogP contribution in [0.15, 0.2) is 75.5 Å². The van der Waals surface area contributed by atoms with E-state index in [1.54, 1.807) is 0 Å². The molecule has 1 aliphatic rings. The minimum absolute atomic E-state index is 0.391. The van der Waals surface area contributed by atoms with Crippen LogP contribution in [-0.4, -0.2) is 40.3 Å². The number of ether oxygens (including phenoxy) is 2. The molecule has 0 saturated heterocycles. The highest BCUT2D eigenvalue weighted by Gasteiger charge is 2.41. The van der Waals surface area contributed by atoms with Gasteiger partial charge in [0.05, 0.1) is 31.3 Å². The van der Waals surface area contributed by atoms with Crippen molar-refractivity contribution in [3.8, 4) is 0 Å². The second-order valence-electron chi connectivity index (χ2n) is 7.68. The Bertz CT molecular complexity index is 1060. The van der Waals surface area contributed by atoms with Crippen LogP contribution in [0.25, 0.3) is 0 Å². The van der Waals surface area contributed by atoms with Crippen LogP contribution >= 0.6 is 15.9 Å². The summed E-state index contributed by atoms with van der Waals surface area (Å²) in [5, 5.41) is 0. The van der Waals surface area contributed by atoms with Crippen molar-refractivity contribution in [1.29, 1.82) is 0 Å². The lowest BCUT2D eigenvalue weighted by Crippen LogP contribution is -2.35. The molecule has 0 aliphatic carbocycles. The number of methoxy groups -OCH3 is 2. The van der Waals surface area contributed by atoms with E-state index < -0.39 is 17.9 Å². The van der Waals surface area contributed by atoms with Crippen LogP contribution in [0.3, 0.4) is 0 Å². The Morgan fingerprint density at radius 2 is 1.38 bits per heavy atom. The first kappa shape index (κ1) is 23.6. The van der Waals surface area contributed by atoms with Gasteiger partial charge in [0, 0.05) is 41.3 Å². The summed E-state index contributed by atoms with van der Waals surface area (Å²) in [6.45, 7) is 3.74. The van der Waals surface area contributed by atoms with Gasteiger partial charge in [-0.25, -0.2) is 9.59 Å². The molecule has 7 heteroatoms. The summed E-state index contributed by atoms with van der Waals surface area (Å²) in [5.41, 5.74) is 4.83. The number of halogens is 1. The molecule has 0 aromatic heterocycles. The molecule has 32 heavy (non-hydrogen) atoms. The normalized spacial score (nSPS) is 14.5. The number of anilines is 2. The average molecular weight is 499 g/mol. The first-order chi connectivity index (χ1) is 15.2. The third-order valence-electron chi connectivity index (χ3n) is 5.68. The van der Waals surface area contributed by atoms with Crippen LogP contribution in [0, 0.1) is 0 Å². The molecule has 3 rings (SSSR count). The van der Waals surface area contributed by atoms with E-state index in [-0.39, 0.29) is 0 Å². The maximum atomic E-state index is 13.1. The maximum Gasteiger partial charge on any atom is 0.336 e. The molecule has 2 aromatic rings. The molecule has 0 saturated carbocycles. The molecule has 6 nitrogen and oxygen atoms in total. The summed E-state index contributed by atoms with van der Waals surface area (Å²) < 4.78 is 11.1. The Kier molecular flexibility index (Phi) is 7.09. The van der Waals surface area contributed by atoms with Gasteiger partial charge in [0.25, 0.3) is 0 Å². The minimum Gasteiger partial charge on any atom is -0.466 e. The molecule has 0 unspecified atom stereocenters. The van der Waals surface area contributed by atoms with E-state index in [0.29, 0.717) is 22.5 Å². The molecule has 0 N–H and O–H groups in total. The Labute approximate surface area is 197 Å². The fraction of sp³-hybridized carbons (Fsp3) is 0.280. The van der Waals surface area contributed by atoms with Crippen LogP contribution in [0.2, 0.25) is 0 Å². The number of allylic oxidation sites excluding steroid dienone is 2. The van der Waals surface area contributed by atoms with Crippen molar-refractivity contribution in [3.63, 3.8) is 0 Å². The van der Waals surface area contributed by atoms with Gasteiger partial charge in [-0.15, -0.1) is 0 Å². The van der Waals surface area contributed by atoms with Crippen LogP contribution in [-0.2, 0) is 19.1 Å². The van der Waals surface area contributed by atoms with Gasteiger partial charge >= 0.3 is 11.9 Å². The largest absolute Gasteiger partial charge is 0.466 e. The van der Waals surface area contributed by atoms with E-state index in [1.165, 1.54) is 14.2 Å². The number of nitrogens with zero attached hydrogens (tertiary/aromatic N) is 2. The predicted molar refractivity (Wildman–Crippen MR) is 130 cm³/mol. The molecule has 2 aromatic carbocycles. The summed E-state index contributed by atoms with van der Waals surface area (Å²) in [7, 11) is 6.64. The van der Waals surface area contributed by atoms with Crippen LogP contribution in [0.5, 0.6) is 0 Å². The summed E-state index contributed by atoms with van der Waals surface area (Å²) in [6.07, 6.45) is 0. The lowest BCUT2D eigenvalue weighted by molar-refractivity contribution is -0.137. The van der Waals surface area contributed by atoms with Crippen molar-refractivity contribution in [2.75, 3.05) is 38.1 Å². The summed E-state index contributed by atoms with van der Waals surface area (Å²) in [6, 6.07) is 15.4. The zero-order valence-electron chi connectivity index (χ0n) is 19.1. The van der Waals surface area contributed by atoms with Gasteiger partial charge in [0.15, 0.2) is 0 Å². The molecule has 0 bridgehead atoms. The van der Waals surface area contributed by atoms with E-state index in [9.17, 15) is 9.59 Å². The lowest BCUT2D eigenvalue weighted by Gasteiger charge is -2.38. The molecule has 0 radical (unpaired) electrons. The quantitative estimate of drug-likeness (QED) is 0.539. The number of benzene rings is 2. The average Bonchev–Trinajstić information content (AvgIpc) is 2.78. The lowest BCUT2D eigenvalue weighted by atomic mass is 9.79. The number of carbonyl (C=O) groups is 2. The van der Waals surface area contributed by atoms with E-state index >= 15 is 0 Å². The second-order valence-corrected chi connectivity index (χ2v) is 8.54. The summed E-state index contributed by atoms with van der Waals surface area (Å²) in [5.74, 6) is -1.62. The minimum atomic E-state index is -0.636. The van der Waals surface area contributed by atoms with Crippen molar-refractivity contribution in [3.05, 3.63) is 81.1 Å². The number of carbonyl (C=O) groups excluding carboxylic acids is 2. The number of hydrogen-bond donors (Lipinski definition) is 0. The van der Waals surface area contributed by atoms with Gasteiger partial charge < -0.3 is 19.3 Å². The van der Waals surface area contributed by atoms with Gasteiger partial charge in [-0.1, -0.05) is 34.1 Å². The number of rotatable bonds is 5. The number of esters is 2. The first-order valence-corrected chi connectivity index (χ1v) is 10.9. The van der Waals surface area contributed by atoms with E-state index in [0.717, 1.165) is 21.4 Å². The highest BCUT2D eigenvalue weighted by atomic mass is 79.9. The topological polar surface area (TPSA) is 59.1 Å². The van der Waals surface area contributed by atoms with Crippen molar-refractivity contribution in [2.24, 2.45) is 0 Å². The molecule has 0 atom stereocenters. The molecule has 0 fully saturated rings. The van der Waals surface area contributed by atoms with Gasteiger partial charge in [-0.05, 0) is 49.7 Å². The summed E-state index contributed by atoms with van der Waals surface area (Å²) in [4.78, 5) is 30.0. The Hall–Kier alpha value is -3.06. The SMILES string of the molecule is COC(=O)C1=C(C)N(c2ccc(N(C)C)cc2)C(C)=C(C(=O)OC)C1c1ccccc1Br. The third kappa shape index (κ3) is 4.17. The smallest absolute Gasteiger partial charge is 0.336 e. The molecular formula is C25H27BrN2O4. The molecular weight excluding hydrogens is 472 g/mol. The van der Waals surface area contributed by atoms with Crippen LogP contribution in [0.4, 0.5) is 11.4 Å². The van der Waals surface area contributed by atoms with E-state index in [1.807, 2.05) is 86.3 Å². The second kappa shape index (κ2) is 9.61. The monoisotopic (exact) mass is 498 g/mol. The van der Waals surface area contributed by atoms with Gasteiger partial charge in [-0.2, -0.15) is 0 Å². The van der Waals surface area contributed by atoms with Crippen molar-refractivity contribution in [2.45, 2.75) is 19.8 Å². The zero-order chi connectivity index (χ0) is 23.6. The predicted octanol–water partition coefficient (Wildman–Crippen LogP) is 5.01. The first-order valence-electron chi connectivity index (χ1n) is 10.1. The fourth-order valence-electron chi connectivity index (χ4n) is 4.11. The van der Waals surface area contributed by atoms with Crippen LogP contribution in [0.1, 0.15) is 25.3 Å². The molecule has 1 heterocycles. The number of hydrogen-bond acceptors (Lipinski definition) is 6. The highest BCUT2D eigenvalue weighted by Crippen LogP contribution is 2.46. The zero-order valence-corrected chi connectivity index (χ0v) is 20.7. The maximum absolute atomic E-state index is 13.1. The molecule has 0 spiro atoms. The van der Waals surface area contributed by atoms with E-state index in [2.05, 4.69) is 15.9 Å². The van der Waals surface area contributed by atoms with Crippen LogP contribution < -0.4 is 9.80 Å². The van der Waals surface area contributed by atoms with Gasteiger partial charge in [0.1, 0.15) is 0 Å². The fourth-order valence-corrected chi connectivity index (χ4v) is 4.63. The standard InChI is InChI=1S/C25H27BrN2O4/c1-15-21(24(29)31-5)23(19-9-7-8-10-20(19)26)22(25(30)32-6)16(2)28(15)18-13-11-17(12-14-18)27(3)4/h7-14,23H,1-6H3. The van der Waals surface area contributed by atoms with Gasteiger partial charge in [-0.3, -0.25) is 0 Å². The third-order valence-corrected chi connectivity index (χ3v) is 6.40. The molecule has 1 aliphatic heterocycles. The Balaban J connectivity index is 2.31. The van der Waals surface area contributed by atoms with Crippen molar-refractivity contribution >= 4 is 39.2 Å². The van der Waals surface area contributed by atoms with Crippen molar-refractivity contribution in [1.82, 2.24) is 0 Å². The highest BCUT2D eigenvalue weighted by molar-refractivity contribution is 9.10.